The van der Waals surface area contributed by atoms with Crippen molar-refractivity contribution in [1.29, 1.82) is 0 Å². The molecule has 0 spiro atoms. The van der Waals surface area contributed by atoms with Gasteiger partial charge in [-0.2, -0.15) is 0 Å². The van der Waals surface area contributed by atoms with E-state index in [2.05, 4.69) is 19.6 Å². The maximum absolute atomic E-state index is 13.4. The van der Waals surface area contributed by atoms with Crippen LogP contribution in [-0.2, 0) is 19.3 Å². The first-order valence-electron chi connectivity index (χ1n) is 7.01. The van der Waals surface area contributed by atoms with E-state index in [1.165, 1.54) is 13.8 Å². The number of hydrogen-bond acceptors (Lipinski definition) is 7. The second-order valence-corrected chi connectivity index (χ2v) is 8.03. The second-order valence-electron chi connectivity index (χ2n) is 5.60. The molecule has 4 rings (SSSR count). The van der Waals surface area contributed by atoms with Crippen molar-refractivity contribution in [2.75, 3.05) is 0 Å². The zero-order valence-corrected chi connectivity index (χ0v) is 14.4. The molecular formula is C13H10ClF2N3O5S. The lowest BCUT2D eigenvalue weighted by molar-refractivity contribution is -0.330. The highest BCUT2D eigenvalue weighted by atomic mass is 35.5. The van der Waals surface area contributed by atoms with Gasteiger partial charge in [0, 0.05) is 18.2 Å². The maximum atomic E-state index is 13.4. The monoisotopic (exact) mass is 393 g/mol. The second kappa shape index (κ2) is 4.94. The molecule has 2 aliphatic rings. The van der Waals surface area contributed by atoms with Crippen LogP contribution in [0, 0.1) is 13.8 Å². The van der Waals surface area contributed by atoms with E-state index in [9.17, 15) is 17.2 Å². The number of ether oxygens (including phenoxy) is 2. The normalized spacial score (nSPS) is 21.6. The number of hydrogen-bond donors (Lipinski definition) is 0. The van der Waals surface area contributed by atoms with E-state index < -0.39 is 21.4 Å². The molecule has 12 heteroatoms. The summed E-state index contributed by atoms with van der Waals surface area (Å²) in [6, 6.07) is 0. The fourth-order valence-corrected chi connectivity index (χ4v) is 5.41. The molecule has 0 amide bonds. The number of alkyl halides is 2. The number of rotatable bonds is 2. The Morgan fingerprint density at radius 3 is 2.72 bits per heavy atom. The van der Waals surface area contributed by atoms with Gasteiger partial charge in [0.2, 0.25) is 0 Å². The van der Waals surface area contributed by atoms with E-state index in [0.717, 1.165) is 10.4 Å². The van der Waals surface area contributed by atoms with Gasteiger partial charge in [-0.3, -0.25) is 0 Å². The first kappa shape index (κ1) is 16.3. The average Bonchev–Trinajstić information content (AvgIpc) is 3.13. The largest absolute Gasteiger partial charge is 0.586 e. The molecule has 1 aliphatic carbocycles. The molecule has 25 heavy (non-hydrogen) atoms. The van der Waals surface area contributed by atoms with Crippen molar-refractivity contribution >= 4 is 27.4 Å². The van der Waals surface area contributed by atoms with Crippen molar-refractivity contribution in [2.24, 2.45) is 0 Å². The summed E-state index contributed by atoms with van der Waals surface area (Å²) in [7, 11) is -4.08. The van der Waals surface area contributed by atoms with Gasteiger partial charge >= 0.3 is 6.29 Å². The SMILES string of the molecule is Cc1noc(C)c1S(=O)(=O)C1CC2=C(OC(F)(F)O2)c2ncn(Cl)c21. The summed E-state index contributed by atoms with van der Waals surface area (Å²) in [5.74, 6) is -0.522. The predicted octanol–water partition coefficient (Wildman–Crippen LogP) is 2.67. The molecule has 0 saturated carbocycles. The van der Waals surface area contributed by atoms with E-state index in [-0.39, 0.29) is 45.7 Å². The standard InChI is InChI=1S/C13H10ClF2N3O5S/c1-5-12(6(2)24-18-5)25(20,21)8-3-7-11(23-13(15,16)22-7)9-10(8)19(14)4-17-9/h4,8H,3H2,1-2H3. The lowest BCUT2D eigenvalue weighted by Gasteiger charge is -2.21. The van der Waals surface area contributed by atoms with E-state index >= 15 is 0 Å². The zero-order valence-electron chi connectivity index (χ0n) is 12.8. The van der Waals surface area contributed by atoms with E-state index in [4.69, 9.17) is 16.3 Å². The highest BCUT2D eigenvalue weighted by molar-refractivity contribution is 7.91. The van der Waals surface area contributed by atoms with E-state index in [1.807, 2.05) is 0 Å². The molecule has 0 saturated heterocycles. The summed E-state index contributed by atoms with van der Waals surface area (Å²) in [6.07, 6.45) is -3.17. The third-order valence-electron chi connectivity index (χ3n) is 3.99. The molecule has 1 unspecified atom stereocenters. The molecular weight excluding hydrogens is 384 g/mol. The molecule has 0 bridgehead atoms. The Labute approximate surface area is 145 Å². The van der Waals surface area contributed by atoms with E-state index in [1.54, 1.807) is 0 Å². The van der Waals surface area contributed by atoms with Crippen molar-refractivity contribution < 1.29 is 31.2 Å². The van der Waals surface area contributed by atoms with Crippen LogP contribution in [0.2, 0.25) is 0 Å². The summed E-state index contributed by atoms with van der Waals surface area (Å²) < 4.78 is 68.0. The minimum Gasteiger partial charge on any atom is -0.400 e. The maximum Gasteiger partial charge on any atom is 0.586 e. The Morgan fingerprint density at radius 1 is 1.36 bits per heavy atom. The Morgan fingerprint density at radius 2 is 2.08 bits per heavy atom. The van der Waals surface area contributed by atoms with Crippen LogP contribution in [0.25, 0.3) is 5.76 Å². The number of fused-ring (bicyclic) bond motifs is 2. The summed E-state index contributed by atoms with van der Waals surface area (Å²) in [6.45, 7) is 2.92. The summed E-state index contributed by atoms with van der Waals surface area (Å²) in [5, 5.41) is 2.33. The summed E-state index contributed by atoms with van der Waals surface area (Å²) in [5.41, 5.74) is 0.0730. The molecule has 2 aromatic heterocycles. The minimum absolute atomic E-state index is 0.0155. The molecule has 2 aromatic rings. The first-order chi connectivity index (χ1) is 11.6. The summed E-state index contributed by atoms with van der Waals surface area (Å²) >= 11 is 6.01. The number of halogens is 3. The van der Waals surface area contributed by atoms with Crippen molar-refractivity contribution in [3.05, 3.63) is 34.9 Å². The highest BCUT2D eigenvalue weighted by Crippen LogP contribution is 2.50. The predicted molar refractivity (Wildman–Crippen MR) is 78.0 cm³/mol. The Bertz CT molecular complexity index is 1010. The topological polar surface area (TPSA) is 96.5 Å². The zero-order chi connectivity index (χ0) is 18.1. The molecule has 0 N–H and O–H groups in total. The van der Waals surface area contributed by atoms with Gasteiger partial charge in [0.05, 0.1) is 11.4 Å². The fourth-order valence-electron chi connectivity index (χ4n) is 3.05. The third-order valence-corrected chi connectivity index (χ3v) is 6.56. The number of nitrogens with zero attached hydrogens (tertiary/aromatic N) is 3. The van der Waals surface area contributed by atoms with Gasteiger partial charge in [0.25, 0.3) is 0 Å². The molecule has 1 aliphatic heterocycles. The molecule has 0 aromatic carbocycles. The van der Waals surface area contributed by atoms with Crippen LogP contribution in [0.4, 0.5) is 8.78 Å². The number of imidazole rings is 1. The van der Waals surface area contributed by atoms with Crippen LogP contribution in [0.5, 0.6) is 0 Å². The first-order valence-corrected chi connectivity index (χ1v) is 8.90. The van der Waals surface area contributed by atoms with Crippen molar-refractivity contribution in [2.45, 2.75) is 36.7 Å². The van der Waals surface area contributed by atoms with E-state index in [0.29, 0.717) is 0 Å². The molecule has 0 radical (unpaired) electrons. The van der Waals surface area contributed by atoms with Crippen molar-refractivity contribution in [3.63, 3.8) is 0 Å². The minimum atomic E-state index is -4.08. The number of sulfone groups is 1. The lowest BCUT2D eigenvalue weighted by Crippen LogP contribution is -2.21. The third kappa shape index (κ3) is 2.25. The smallest absolute Gasteiger partial charge is 0.400 e. The van der Waals surface area contributed by atoms with Crippen LogP contribution in [0.3, 0.4) is 0 Å². The van der Waals surface area contributed by atoms with Crippen LogP contribution in [0.1, 0.15) is 34.5 Å². The van der Waals surface area contributed by atoms with Crippen LogP contribution < -0.4 is 0 Å². The quantitative estimate of drug-likeness (QED) is 0.773. The highest BCUT2D eigenvalue weighted by Gasteiger charge is 2.52. The van der Waals surface area contributed by atoms with Gasteiger partial charge in [-0.05, 0) is 13.8 Å². The Kier molecular flexibility index (Phi) is 3.23. The molecule has 134 valence electrons. The van der Waals surface area contributed by atoms with Crippen molar-refractivity contribution in [1.82, 2.24) is 14.2 Å². The van der Waals surface area contributed by atoms with Gasteiger partial charge < -0.3 is 14.0 Å². The van der Waals surface area contributed by atoms with Gasteiger partial charge in [-0.25, -0.2) is 17.5 Å². The summed E-state index contributed by atoms with van der Waals surface area (Å²) in [4.78, 5) is 3.77. The van der Waals surface area contributed by atoms with Crippen molar-refractivity contribution in [3.8, 4) is 0 Å². The fraction of sp³-hybridized carbons (Fsp3) is 0.385. The van der Waals surface area contributed by atoms with Crippen LogP contribution >= 0.6 is 11.8 Å². The molecule has 0 fully saturated rings. The average molecular weight is 394 g/mol. The number of aryl methyl sites for hydroxylation is 2. The molecule has 1 atom stereocenters. The molecule has 3 heterocycles. The van der Waals surface area contributed by atoms with Crippen LogP contribution in [-0.4, -0.2) is 28.9 Å². The Hall–Kier alpha value is -2.14. The number of aromatic nitrogens is 3. The lowest BCUT2D eigenvalue weighted by atomic mass is 10.0. The number of allylic oxidation sites excluding steroid dienone is 1. The Balaban J connectivity index is 1.89. The molecule has 8 nitrogen and oxygen atoms in total. The van der Waals surface area contributed by atoms with Crippen LogP contribution in [0.15, 0.2) is 21.5 Å². The van der Waals surface area contributed by atoms with Gasteiger partial charge in [-0.1, -0.05) is 5.16 Å². The van der Waals surface area contributed by atoms with Gasteiger partial charge in [-0.15, -0.1) is 8.78 Å². The van der Waals surface area contributed by atoms with Gasteiger partial charge in [0.15, 0.2) is 27.1 Å². The van der Waals surface area contributed by atoms with Gasteiger partial charge in [0.1, 0.15) is 22.2 Å².